The zero-order chi connectivity index (χ0) is 12.8. The van der Waals surface area contributed by atoms with Crippen LogP contribution >= 0.6 is 11.3 Å². The van der Waals surface area contributed by atoms with Gasteiger partial charge in [-0.1, -0.05) is 18.3 Å². The molecule has 1 aromatic carbocycles. The summed E-state index contributed by atoms with van der Waals surface area (Å²) < 4.78 is 12.5. The largest absolute Gasteiger partial charge is 0.454 e. The summed E-state index contributed by atoms with van der Waals surface area (Å²) in [5.74, 6) is 2.22. The van der Waals surface area contributed by atoms with E-state index in [1.54, 1.807) is 15.9 Å². The number of aromatic nitrogens is 4. The van der Waals surface area contributed by atoms with E-state index in [2.05, 4.69) is 22.2 Å². The molecule has 4 rings (SSSR count). The van der Waals surface area contributed by atoms with Gasteiger partial charge in [0.15, 0.2) is 17.3 Å². The molecule has 96 valence electrons. The molecule has 3 aromatic rings. The maximum Gasteiger partial charge on any atom is 0.234 e. The van der Waals surface area contributed by atoms with Crippen LogP contribution in [0.3, 0.4) is 0 Å². The summed E-state index contributed by atoms with van der Waals surface area (Å²) in [4.78, 5) is 0.810. The van der Waals surface area contributed by atoms with Crippen molar-refractivity contribution in [3.05, 3.63) is 23.2 Å². The van der Waals surface area contributed by atoms with Crippen LogP contribution in [0.2, 0.25) is 0 Å². The van der Waals surface area contributed by atoms with Crippen molar-refractivity contribution in [2.45, 2.75) is 13.3 Å². The standard InChI is InChI=1S/C12H10N4O2S/c1-2-10-15-16-11(13-14-12(16)19-10)7-3-4-8-9(5-7)18-6-17-8/h3-5H,2,6H2,1H3. The number of aryl methyl sites for hydroxylation is 1. The minimum absolute atomic E-state index is 0.269. The first-order valence-corrected chi connectivity index (χ1v) is 6.78. The van der Waals surface area contributed by atoms with Crippen molar-refractivity contribution in [3.8, 4) is 22.9 Å². The highest BCUT2D eigenvalue weighted by Crippen LogP contribution is 2.35. The van der Waals surface area contributed by atoms with Crippen molar-refractivity contribution >= 4 is 16.3 Å². The molecular formula is C12H10N4O2S. The molecule has 0 fully saturated rings. The minimum atomic E-state index is 0.269. The fourth-order valence-electron chi connectivity index (χ4n) is 2.02. The van der Waals surface area contributed by atoms with Crippen molar-refractivity contribution in [2.24, 2.45) is 0 Å². The van der Waals surface area contributed by atoms with E-state index in [0.717, 1.165) is 39.3 Å². The Kier molecular flexibility index (Phi) is 2.22. The van der Waals surface area contributed by atoms with E-state index in [1.807, 2.05) is 18.2 Å². The van der Waals surface area contributed by atoms with Gasteiger partial charge in [0.05, 0.1) is 0 Å². The molecule has 3 heterocycles. The molecule has 0 saturated heterocycles. The molecule has 7 heteroatoms. The normalized spacial score (nSPS) is 13.3. The third-order valence-electron chi connectivity index (χ3n) is 2.97. The van der Waals surface area contributed by atoms with Crippen LogP contribution in [0.5, 0.6) is 11.5 Å². The molecular weight excluding hydrogens is 264 g/mol. The summed E-state index contributed by atoms with van der Waals surface area (Å²) in [7, 11) is 0. The van der Waals surface area contributed by atoms with Gasteiger partial charge in [-0.15, -0.1) is 10.2 Å². The Morgan fingerprint density at radius 1 is 1.26 bits per heavy atom. The van der Waals surface area contributed by atoms with E-state index in [0.29, 0.717) is 0 Å². The molecule has 0 saturated carbocycles. The Balaban J connectivity index is 1.87. The van der Waals surface area contributed by atoms with Crippen LogP contribution < -0.4 is 9.47 Å². The zero-order valence-electron chi connectivity index (χ0n) is 10.2. The van der Waals surface area contributed by atoms with E-state index in [-0.39, 0.29) is 6.79 Å². The molecule has 1 aliphatic rings. The lowest BCUT2D eigenvalue weighted by Gasteiger charge is -1.99. The maximum atomic E-state index is 5.38. The van der Waals surface area contributed by atoms with E-state index in [4.69, 9.17) is 9.47 Å². The smallest absolute Gasteiger partial charge is 0.234 e. The number of hydrogen-bond donors (Lipinski definition) is 0. The highest BCUT2D eigenvalue weighted by atomic mass is 32.1. The first kappa shape index (κ1) is 10.7. The first-order chi connectivity index (χ1) is 9.35. The highest BCUT2D eigenvalue weighted by Gasteiger charge is 2.17. The maximum absolute atomic E-state index is 5.38. The monoisotopic (exact) mass is 274 g/mol. The number of rotatable bonds is 2. The van der Waals surface area contributed by atoms with E-state index < -0.39 is 0 Å². The molecule has 0 spiro atoms. The third-order valence-corrected chi connectivity index (χ3v) is 4.01. The quantitative estimate of drug-likeness (QED) is 0.716. The summed E-state index contributed by atoms with van der Waals surface area (Å²) in [6, 6.07) is 5.73. The Bertz CT molecular complexity index is 764. The summed E-state index contributed by atoms with van der Waals surface area (Å²) in [6.07, 6.45) is 0.897. The lowest BCUT2D eigenvalue weighted by Crippen LogP contribution is -1.93. The van der Waals surface area contributed by atoms with Gasteiger partial charge in [0.1, 0.15) is 5.01 Å². The SMILES string of the molecule is CCc1nn2c(-c3ccc4c(c3)OCO4)nnc2s1. The Labute approximate surface area is 112 Å². The van der Waals surface area contributed by atoms with Crippen LogP contribution in [0.1, 0.15) is 11.9 Å². The number of nitrogens with zero attached hydrogens (tertiary/aromatic N) is 4. The molecule has 6 nitrogen and oxygen atoms in total. The lowest BCUT2D eigenvalue weighted by molar-refractivity contribution is 0.174. The molecule has 0 N–H and O–H groups in total. The van der Waals surface area contributed by atoms with Crippen molar-refractivity contribution in [1.29, 1.82) is 0 Å². The molecule has 0 radical (unpaired) electrons. The lowest BCUT2D eigenvalue weighted by atomic mass is 10.2. The Hall–Kier alpha value is -2.15. The van der Waals surface area contributed by atoms with Gasteiger partial charge >= 0.3 is 0 Å². The third kappa shape index (κ3) is 1.58. The van der Waals surface area contributed by atoms with Crippen molar-refractivity contribution in [3.63, 3.8) is 0 Å². The predicted molar refractivity (Wildman–Crippen MR) is 69.6 cm³/mol. The molecule has 2 aromatic heterocycles. The fourth-order valence-corrected chi connectivity index (χ4v) is 2.79. The second-order valence-electron chi connectivity index (χ2n) is 4.14. The Morgan fingerprint density at radius 2 is 2.16 bits per heavy atom. The van der Waals surface area contributed by atoms with E-state index >= 15 is 0 Å². The summed E-state index contributed by atoms with van der Waals surface area (Å²) >= 11 is 1.56. The molecule has 0 aliphatic carbocycles. The number of fused-ring (bicyclic) bond motifs is 2. The second-order valence-corrected chi connectivity index (χ2v) is 5.18. The first-order valence-electron chi connectivity index (χ1n) is 5.96. The number of ether oxygens (including phenoxy) is 2. The van der Waals surface area contributed by atoms with Crippen molar-refractivity contribution in [1.82, 2.24) is 19.8 Å². The van der Waals surface area contributed by atoms with Gasteiger partial charge in [0, 0.05) is 5.56 Å². The van der Waals surface area contributed by atoms with Crippen LogP contribution in [-0.4, -0.2) is 26.6 Å². The fraction of sp³-hybridized carbons (Fsp3) is 0.250. The number of benzene rings is 1. The topological polar surface area (TPSA) is 61.5 Å². The summed E-state index contributed by atoms with van der Waals surface area (Å²) in [5.41, 5.74) is 0.921. The summed E-state index contributed by atoms with van der Waals surface area (Å²) in [6.45, 7) is 2.34. The average molecular weight is 274 g/mol. The van der Waals surface area contributed by atoms with Gasteiger partial charge in [-0.3, -0.25) is 0 Å². The van der Waals surface area contributed by atoms with Gasteiger partial charge in [0.25, 0.3) is 0 Å². The second kappa shape index (κ2) is 3.92. The van der Waals surface area contributed by atoms with Crippen molar-refractivity contribution in [2.75, 3.05) is 6.79 Å². The molecule has 0 bridgehead atoms. The van der Waals surface area contributed by atoms with Gasteiger partial charge in [0.2, 0.25) is 11.8 Å². The van der Waals surface area contributed by atoms with Crippen LogP contribution in [0, 0.1) is 0 Å². The van der Waals surface area contributed by atoms with Crippen LogP contribution in [0.15, 0.2) is 18.2 Å². The Morgan fingerprint density at radius 3 is 3.05 bits per heavy atom. The molecule has 19 heavy (non-hydrogen) atoms. The van der Waals surface area contributed by atoms with Gasteiger partial charge in [-0.2, -0.15) is 9.61 Å². The van der Waals surface area contributed by atoms with E-state index in [9.17, 15) is 0 Å². The average Bonchev–Trinajstić information content (AvgIpc) is 3.12. The van der Waals surface area contributed by atoms with Gasteiger partial charge in [-0.25, -0.2) is 0 Å². The van der Waals surface area contributed by atoms with Crippen LogP contribution in [-0.2, 0) is 6.42 Å². The predicted octanol–water partition coefficient (Wildman–Crippen LogP) is 2.14. The highest BCUT2D eigenvalue weighted by molar-refractivity contribution is 7.16. The zero-order valence-corrected chi connectivity index (χ0v) is 11.0. The molecule has 0 atom stereocenters. The minimum Gasteiger partial charge on any atom is -0.454 e. The molecule has 1 aliphatic heterocycles. The van der Waals surface area contributed by atoms with Crippen molar-refractivity contribution < 1.29 is 9.47 Å². The van der Waals surface area contributed by atoms with Gasteiger partial charge in [-0.05, 0) is 24.6 Å². The van der Waals surface area contributed by atoms with Gasteiger partial charge < -0.3 is 9.47 Å². The number of hydrogen-bond acceptors (Lipinski definition) is 6. The van der Waals surface area contributed by atoms with Crippen LogP contribution in [0.4, 0.5) is 0 Å². The molecule has 0 amide bonds. The summed E-state index contributed by atoms with van der Waals surface area (Å²) in [5, 5.41) is 13.9. The molecule has 0 unspecified atom stereocenters. The van der Waals surface area contributed by atoms with E-state index in [1.165, 1.54) is 0 Å². The van der Waals surface area contributed by atoms with Crippen LogP contribution in [0.25, 0.3) is 16.3 Å².